The number of nitrogens with two attached hydrogens (primary N) is 1. The van der Waals surface area contributed by atoms with E-state index in [2.05, 4.69) is 36.8 Å². The lowest BCUT2D eigenvalue weighted by Gasteiger charge is -2.35. The van der Waals surface area contributed by atoms with Gasteiger partial charge in [-0.25, -0.2) is 9.67 Å². The molecule has 2 N–H and O–H groups in total. The van der Waals surface area contributed by atoms with Gasteiger partial charge in [0.2, 0.25) is 5.91 Å². The van der Waals surface area contributed by atoms with Crippen molar-refractivity contribution in [1.82, 2.24) is 24.6 Å². The first kappa shape index (κ1) is 24.6. The number of pyridine rings is 1. The highest BCUT2D eigenvalue weighted by Gasteiger charge is 2.26. The van der Waals surface area contributed by atoms with Crippen LogP contribution in [0.25, 0.3) is 22.3 Å². The molecule has 1 saturated heterocycles. The van der Waals surface area contributed by atoms with Crippen LogP contribution in [0.3, 0.4) is 0 Å². The SMILES string of the molecule is Cc1ccccc1-c1cc(C(=O)N2CCN(Cc3ccc(C(N)=O)cc3)CC2)c2cnn(C(C)C)c2n1. The van der Waals surface area contributed by atoms with Crippen LogP contribution in [0.2, 0.25) is 0 Å². The van der Waals surface area contributed by atoms with Crippen LogP contribution in [0, 0.1) is 6.92 Å². The van der Waals surface area contributed by atoms with E-state index >= 15 is 0 Å². The Morgan fingerprint density at radius 2 is 1.70 bits per heavy atom. The van der Waals surface area contributed by atoms with Crippen molar-refractivity contribution in [3.05, 3.63) is 83.0 Å². The Hall–Kier alpha value is -4.04. The van der Waals surface area contributed by atoms with Gasteiger partial charge in [-0.3, -0.25) is 14.5 Å². The van der Waals surface area contributed by atoms with E-state index in [-0.39, 0.29) is 11.9 Å². The number of rotatable bonds is 6. The van der Waals surface area contributed by atoms with Crippen molar-refractivity contribution in [1.29, 1.82) is 0 Å². The van der Waals surface area contributed by atoms with Gasteiger partial charge in [-0.15, -0.1) is 0 Å². The fourth-order valence-electron chi connectivity index (χ4n) is 4.88. The number of carbonyl (C=O) groups excluding carboxylic acids is 2. The predicted molar refractivity (Wildman–Crippen MR) is 144 cm³/mol. The Morgan fingerprint density at radius 1 is 1.00 bits per heavy atom. The highest BCUT2D eigenvalue weighted by atomic mass is 16.2. The van der Waals surface area contributed by atoms with Crippen LogP contribution in [-0.2, 0) is 6.54 Å². The molecule has 0 atom stereocenters. The fourth-order valence-corrected chi connectivity index (χ4v) is 4.88. The molecule has 2 amide bonds. The van der Waals surface area contributed by atoms with Crippen molar-refractivity contribution in [2.45, 2.75) is 33.4 Å². The topological polar surface area (TPSA) is 97.4 Å². The van der Waals surface area contributed by atoms with E-state index in [4.69, 9.17) is 10.7 Å². The number of piperazine rings is 1. The molecular weight excluding hydrogens is 464 g/mol. The number of aryl methyl sites for hydroxylation is 1. The van der Waals surface area contributed by atoms with E-state index in [1.165, 1.54) is 0 Å². The minimum atomic E-state index is -0.423. The second-order valence-electron chi connectivity index (χ2n) is 9.92. The average molecular weight is 497 g/mol. The van der Waals surface area contributed by atoms with Gasteiger partial charge < -0.3 is 10.6 Å². The lowest BCUT2D eigenvalue weighted by molar-refractivity contribution is 0.0630. The minimum absolute atomic E-state index is 0.0102. The highest BCUT2D eigenvalue weighted by Crippen LogP contribution is 2.29. The molecule has 4 aromatic rings. The van der Waals surface area contributed by atoms with Gasteiger partial charge in [0, 0.05) is 49.9 Å². The zero-order chi connectivity index (χ0) is 26.1. The third-order valence-corrected chi connectivity index (χ3v) is 7.01. The monoisotopic (exact) mass is 496 g/mol. The third-order valence-electron chi connectivity index (χ3n) is 7.01. The standard InChI is InChI=1S/C29H32N6O2/c1-19(2)35-28-25(17-31-35)24(16-26(32-28)23-7-5-4-6-20(23)3)29(37)34-14-12-33(13-15-34)18-21-8-10-22(11-9-21)27(30)36/h4-11,16-17,19H,12-15,18H2,1-3H3,(H2,30,36). The van der Waals surface area contributed by atoms with E-state index in [0.717, 1.165) is 53.1 Å². The molecule has 0 radical (unpaired) electrons. The summed E-state index contributed by atoms with van der Waals surface area (Å²) in [7, 11) is 0. The van der Waals surface area contributed by atoms with Crippen LogP contribution in [0.4, 0.5) is 0 Å². The zero-order valence-corrected chi connectivity index (χ0v) is 21.5. The maximum Gasteiger partial charge on any atom is 0.254 e. The molecule has 37 heavy (non-hydrogen) atoms. The van der Waals surface area contributed by atoms with Crippen LogP contribution in [0.15, 0.2) is 60.8 Å². The van der Waals surface area contributed by atoms with Gasteiger partial charge in [0.05, 0.1) is 22.8 Å². The Kier molecular flexibility index (Phi) is 6.76. The molecule has 190 valence electrons. The van der Waals surface area contributed by atoms with Crippen molar-refractivity contribution < 1.29 is 9.59 Å². The smallest absolute Gasteiger partial charge is 0.254 e. The van der Waals surface area contributed by atoms with Crippen LogP contribution >= 0.6 is 0 Å². The van der Waals surface area contributed by atoms with Crippen molar-refractivity contribution >= 4 is 22.8 Å². The number of amides is 2. The van der Waals surface area contributed by atoms with E-state index in [1.54, 1.807) is 18.3 Å². The van der Waals surface area contributed by atoms with Gasteiger partial charge in [0.25, 0.3) is 5.91 Å². The summed E-state index contributed by atoms with van der Waals surface area (Å²) in [4.78, 5) is 34.3. The molecule has 0 aliphatic carbocycles. The number of hydrogen-bond donors (Lipinski definition) is 1. The first-order valence-corrected chi connectivity index (χ1v) is 12.7. The number of benzene rings is 2. The molecule has 3 heterocycles. The van der Waals surface area contributed by atoms with Crippen LogP contribution in [-0.4, -0.2) is 62.6 Å². The molecule has 1 fully saturated rings. The number of carbonyl (C=O) groups is 2. The Bertz CT molecular complexity index is 1450. The van der Waals surface area contributed by atoms with Gasteiger partial charge in [0.15, 0.2) is 5.65 Å². The fraction of sp³-hybridized carbons (Fsp3) is 0.310. The third kappa shape index (κ3) is 4.97. The number of primary amides is 1. The largest absolute Gasteiger partial charge is 0.366 e. The summed E-state index contributed by atoms with van der Waals surface area (Å²) in [6, 6.07) is 17.5. The highest BCUT2D eigenvalue weighted by molar-refractivity contribution is 6.06. The van der Waals surface area contributed by atoms with Crippen molar-refractivity contribution in [3.8, 4) is 11.3 Å². The Balaban J connectivity index is 1.38. The number of fused-ring (bicyclic) bond motifs is 1. The predicted octanol–water partition coefficient (Wildman–Crippen LogP) is 4.04. The van der Waals surface area contributed by atoms with Gasteiger partial charge in [-0.05, 0) is 50.1 Å². The Morgan fingerprint density at radius 3 is 2.35 bits per heavy atom. The lowest BCUT2D eigenvalue weighted by atomic mass is 10.0. The summed E-state index contributed by atoms with van der Waals surface area (Å²) in [6.45, 7) is 9.77. The summed E-state index contributed by atoms with van der Waals surface area (Å²) in [6.07, 6.45) is 1.77. The molecule has 2 aromatic carbocycles. The first-order chi connectivity index (χ1) is 17.8. The van der Waals surface area contributed by atoms with Crippen LogP contribution in [0.1, 0.15) is 51.7 Å². The van der Waals surface area contributed by atoms with E-state index in [1.807, 2.05) is 46.0 Å². The molecular formula is C29H32N6O2. The van der Waals surface area contributed by atoms with Crippen molar-refractivity contribution in [3.63, 3.8) is 0 Å². The molecule has 0 saturated carbocycles. The van der Waals surface area contributed by atoms with Gasteiger partial charge >= 0.3 is 0 Å². The van der Waals surface area contributed by atoms with Crippen LogP contribution in [0.5, 0.6) is 0 Å². The summed E-state index contributed by atoms with van der Waals surface area (Å²) >= 11 is 0. The second-order valence-corrected chi connectivity index (χ2v) is 9.92. The number of hydrogen-bond acceptors (Lipinski definition) is 5. The normalized spacial score (nSPS) is 14.4. The molecule has 2 aromatic heterocycles. The van der Waals surface area contributed by atoms with Crippen molar-refractivity contribution in [2.24, 2.45) is 5.73 Å². The summed E-state index contributed by atoms with van der Waals surface area (Å²) < 4.78 is 1.88. The second kappa shape index (κ2) is 10.1. The molecule has 0 unspecified atom stereocenters. The zero-order valence-electron chi connectivity index (χ0n) is 21.5. The maximum absolute atomic E-state index is 13.8. The van der Waals surface area contributed by atoms with E-state index in [0.29, 0.717) is 24.2 Å². The summed E-state index contributed by atoms with van der Waals surface area (Å²) in [5, 5.41) is 5.35. The molecule has 1 aliphatic heterocycles. The summed E-state index contributed by atoms with van der Waals surface area (Å²) in [5.41, 5.74) is 11.3. The molecule has 0 spiro atoms. The average Bonchev–Trinajstić information content (AvgIpc) is 3.33. The Labute approximate surface area is 216 Å². The van der Waals surface area contributed by atoms with Gasteiger partial charge in [-0.1, -0.05) is 36.4 Å². The minimum Gasteiger partial charge on any atom is -0.366 e. The van der Waals surface area contributed by atoms with Gasteiger partial charge in [-0.2, -0.15) is 5.10 Å². The maximum atomic E-state index is 13.8. The molecule has 8 nitrogen and oxygen atoms in total. The number of nitrogens with zero attached hydrogens (tertiary/aromatic N) is 5. The molecule has 5 rings (SSSR count). The van der Waals surface area contributed by atoms with E-state index in [9.17, 15) is 9.59 Å². The quantitative estimate of drug-likeness (QED) is 0.434. The summed E-state index contributed by atoms with van der Waals surface area (Å²) in [5.74, 6) is -0.413. The van der Waals surface area contributed by atoms with Crippen molar-refractivity contribution in [2.75, 3.05) is 26.2 Å². The van der Waals surface area contributed by atoms with E-state index < -0.39 is 5.91 Å². The molecule has 8 heteroatoms. The van der Waals surface area contributed by atoms with Crippen LogP contribution < -0.4 is 5.73 Å². The molecule has 0 bridgehead atoms. The first-order valence-electron chi connectivity index (χ1n) is 12.7. The van der Waals surface area contributed by atoms with Gasteiger partial charge in [0.1, 0.15) is 0 Å². The molecule has 1 aliphatic rings. The lowest BCUT2D eigenvalue weighted by Crippen LogP contribution is -2.48. The number of aromatic nitrogens is 3.